The molecule has 0 spiro atoms. The van der Waals surface area contributed by atoms with E-state index in [1.165, 1.54) is 0 Å². The average Bonchev–Trinajstić information content (AvgIpc) is 2.05. The van der Waals surface area contributed by atoms with Crippen LogP contribution >= 0.6 is 0 Å². The standard InChI is InChI=1S/C7H6N2O/c8-9-7(10)6-4-2-1-3-5-6/h1-5,10H. The summed E-state index contributed by atoms with van der Waals surface area (Å²) in [7, 11) is 0. The van der Waals surface area contributed by atoms with E-state index in [9.17, 15) is 0 Å². The fourth-order valence-electron chi connectivity index (χ4n) is 0.645. The predicted octanol–water partition coefficient (Wildman–Crippen LogP) is 1.22. The first-order chi connectivity index (χ1) is 4.84. The molecular weight excluding hydrogens is 128 g/mol. The number of hydrogen-bond acceptors (Lipinski definition) is 0. The molecular formula is C7H6N2O. The van der Waals surface area contributed by atoms with Gasteiger partial charge in [0.2, 0.25) is 0 Å². The topological polar surface area (TPSA) is 56.6 Å². The van der Waals surface area contributed by atoms with Crippen molar-refractivity contribution in [3.8, 4) is 0 Å². The zero-order valence-electron chi connectivity index (χ0n) is 5.23. The predicted molar refractivity (Wildman–Crippen MR) is 36.8 cm³/mol. The van der Waals surface area contributed by atoms with Crippen molar-refractivity contribution in [2.75, 3.05) is 0 Å². The minimum Gasteiger partial charge on any atom is -0.447 e. The minimum atomic E-state index is -0.361. The summed E-state index contributed by atoms with van der Waals surface area (Å²) in [5.41, 5.74) is 8.63. The van der Waals surface area contributed by atoms with E-state index in [0.29, 0.717) is 5.56 Å². The molecule has 0 amide bonds. The van der Waals surface area contributed by atoms with Gasteiger partial charge in [-0.1, -0.05) is 18.2 Å². The molecule has 0 heterocycles. The summed E-state index contributed by atoms with van der Waals surface area (Å²) in [4.78, 5) is 2.63. The molecule has 1 N–H and O–H groups in total. The SMILES string of the molecule is [N-]=[N+]=C(O)c1ccccc1. The molecule has 10 heavy (non-hydrogen) atoms. The van der Waals surface area contributed by atoms with Gasteiger partial charge < -0.3 is 10.6 Å². The summed E-state index contributed by atoms with van der Waals surface area (Å²) in [6, 6.07) is 8.60. The Morgan fingerprint density at radius 3 is 2.40 bits per heavy atom. The van der Waals surface area contributed by atoms with Crippen molar-refractivity contribution in [3.63, 3.8) is 0 Å². The van der Waals surface area contributed by atoms with Gasteiger partial charge in [-0.3, -0.25) is 0 Å². The molecule has 1 rings (SSSR count). The zero-order valence-corrected chi connectivity index (χ0v) is 5.23. The molecule has 50 valence electrons. The van der Waals surface area contributed by atoms with Crippen molar-refractivity contribution in [3.05, 3.63) is 41.4 Å². The van der Waals surface area contributed by atoms with E-state index in [-0.39, 0.29) is 5.90 Å². The van der Waals surface area contributed by atoms with E-state index in [1.807, 2.05) is 6.07 Å². The number of aliphatic hydroxyl groups excluding tert-OH is 1. The number of rotatable bonds is 1. The van der Waals surface area contributed by atoms with Crippen LogP contribution in [-0.2, 0) is 0 Å². The van der Waals surface area contributed by atoms with Gasteiger partial charge in [0, 0.05) is 0 Å². The van der Waals surface area contributed by atoms with Crippen LogP contribution in [0.5, 0.6) is 0 Å². The van der Waals surface area contributed by atoms with Crippen molar-refractivity contribution in [2.24, 2.45) is 0 Å². The van der Waals surface area contributed by atoms with Gasteiger partial charge in [0.05, 0.1) is 0 Å². The van der Waals surface area contributed by atoms with Crippen LogP contribution < -0.4 is 0 Å². The quantitative estimate of drug-likeness (QED) is 0.267. The summed E-state index contributed by atoms with van der Waals surface area (Å²) < 4.78 is 0. The van der Waals surface area contributed by atoms with Gasteiger partial charge in [0.1, 0.15) is 5.56 Å². The number of nitrogens with zero attached hydrogens (tertiary/aromatic N) is 2. The zero-order chi connectivity index (χ0) is 7.40. The van der Waals surface area contributed by atoms with Crippen LogP contribution in [0.3, 0.4) is 0 Å². The second-order valence-corrected chi connectivity index (χ2v) is 1.79. The van der Waals surface area contributed by atoms with Gasteiger partial charge >= 0.3 is 5.90 Å². The van der Waals surface area contributed by atoms with Gasteiger partial charge in [0.15, 0.2) is 0 Å². The van der Waals surface area contributed by atoms with E-state index >= 15 is 0 Å². The molecule has 1 aromatic carbocycles. The van der Waals surface area contributed by atoms with Crippen LogP contribution in [0.25, 0.3) is 5.53 Å². The summed E-state index contributed by atoms with van der Waals surface area (Å²) in [5, 5.41) is 8.83. The van der Waals surface area contributed by atoms with Crippen LogP contribution in [0.2, 0.25) is 0 Å². The Balaban J connectivity index is 3.08. The van der Waals surface area contributed by atoms with Crippen molar-refractivity contribution < 1.29 is 9.90 Å². The first-order valence-electron chi connectivity index (χ1n) is 2.81. The smallest absolute Gasteiger partial charge is 0.447 e. The van der Waals surface area contributed by atoms with Gasteiger partial charge in [-0.2, -0.15) is 0 Å². The highest BCUT2D eigenvalue weighted by molar-refractivity contribution is 5.87. The molecule has 0 fully saturated rings. The Morgan fingerprint density at radius 1 is 1.30 bits per heavy atom. The van der Waals surface area contributed by atoms with Gasteiger partial charge in [-0.25, -0.2) is 0 Å². The van der Waals surface area contributed by atoms with Gasteiger partial charge in [-0.05, 0) is 12.1 Å². The molecule has 3 nitrogen and oxygen atoms in total. The Bertz CT molecular complexity index is 262. The third-order valence-electron chi connectivity index (χ3n) is 1.13. The van der Waals surface area contributed by atoms with E-state index in [2.05, 4.69) is 4.79 Å². The molecule has 0 atom stereocenters. The van der Waals surface area contributed by atoms with Crippen LogP contribution in [0.15, 0.2) is 30.3 Å². The molecule has 0 saturated carbocycles. The lowest BCUT2D eigenvalue weighted by atomic mass is 10.2. The highest BCUT2D eigenvalue weighted by atomic mass is 16.3. The molecule has 0 radical (unpaired) electrons. The minimum absolute atomic E-state index is 0.361. The lowest BCUT2D eigenvalue weighted by Gasteiger charge is -1.84. The Labute approximate surface area is 58.2 Å². The fraction of sp³-hybridized carbons (Fsp3) is 0. The van der Waals surface area contributed by atoms with Crippen molar-refractivity contribution in [1.82, 2.24) is 0 Å². The van der Waals surface area contributed by atoms with E-state index in [0.717, 1.165) is 0 Å². The molecule has 3 heteroatoms. The number of aliphatic hydroxyl groups is 1. The number of benzene rings is 1. The summed E-state index contributed by atoms with van der Waals surface area (Å²) in [5.74, 6) is -0.361. The average molecular weight is 134 g/mol. The van der Waals surface area contributed by atoms with Crippen LogP contribution in [0, 0.1) is 0 Å². The lowest BCUT2D eigenvalue weighted by molar-refractivity contribution is -0.0279. The van der Waals surface area contributed by atoms with Crippen molar-refractivity contribution in [1.29, 1.82) is 0 Å². The van der Waals surface area contributed by atoms with Crippen LogP contribution in [0.1, 0.15) is 5.56 Å². The molecule has 0 aliphatic carbocycles. The molecule has 0 aliphatic rings. The lowest BCUT2D eigenvalue weighted by Crippen LogP contribution is -1.98. The maximum absolute atomic E-state index is 8.83. The second kappa shape index (κ2) is 2.80. The third-order valence-corrected chi connectivity index (χ3v) is 1.13. The largest absolute Gasteiger partial charge is 0.480 e. The van der Waals surface area contributed by atoms with E-state index in [1.54, 1.807) is 24.3 Å². The molecule has 0 saturated heterocycles. The summed E-state index contributed by atoms with van der Waals surface area (Å²) >= 11 is 0. The molecule has 0 bridgehead atoms. The van der Waals surface area contributed by atoms with Crippen molar-refractivity contribution >= 4 is 5.90 Å². The Morgan fingerprint density at radius 2 is 1.90 bits per heavy atom. The Kier molecular flexibility index (Phi) is 1.83. The van der Waals surface area contributed by atoms with Gasteiger partial charge in [0.25, 0.3) is 0 Å². The third kappa shape index (κ3) is 1.21. The van der Waals surface area contributed by atoms with Crippen LogP contribution in [0.4, 0.5) is 0 Å². The highest BCUT2D eigenvalue weighted by Crippen LogP contribution is 1.95. The monoisotopic (exact) mass is 134 g/mol. The van der Waals surface area contributed by atoms with Gasteiger partial charge in [-0.15, -0.1) is 4.79 Å². The molecule has 0 aromatic heterocycles. The van der Waals surface area contributed by atoms with E-state index < -0.39 is 0 Å². The first kappa shape index (κ1) is 6.52. The maximum atomic E-state index is 8.83. The summed E-state index contributed by atoms with van der Waals surface area (Å²) in [6.45, 7) is 0. The highest BCUT2D eigenvalue weighted by Gasteiger charge is 2.04. The van der Waals surface area contributed by atoms with E-state index in [4.69, 9.17) is 10.6 Å². The summed E-state index contributed by atoms with van der Waals surface area (Å²) in [6.07, 6.45) is 0. The van der Waals surface area contributed by atoms with Crippen molar-refractivity contribution in [2.45, 2.75) is 0 Å². The molecule has 0 aliphatic heterocycles. The number of hydrogen-bond donors (Lipinski definition) is 1. The molecule has 0 unspecified atom stereocenters. The molecule has 1 aromatic rings. The first-order valence-corrected chi connectivity index (χ1v) is 2.81. The second-order valence-electron chi connectivity index (χ2n) is 1.79. The van der Waals surface area contributed by atoms with Crippen LogP contribution in [-0.4, -0.2) is 15.8 Å². The fourth-order valence-corrected chi connectivity index (χ4v) is 0.645. The maximum Gasteiger partial charge on any atom is 0.480 e. The normalized spacial score (nSPS) is 8.40. The Hall–Kier alpha value is -1.60.